The van der Waals surface area contributed by atoms with Gasteiger partial charge in [0.25, 0.3) is 11.8 Å². The predicted molar refractivity (Wildman–Crippen MR) is 98.3 cm³/mol. The molecule has 1 aromatic carbocycles. The first-order chi connectivity index (χ1) is 13.5. The van der Waals surface area contributed by atoms with Crippen LogP contribution >= 0.6 is 0 Å². The van der Waals surface area contributed by atoms with Gasteiger partial charge in [0, 0.05) is 32.1 Å². The maximum Gasteiger partial charge on any atom is 0.262 e. The van der Waals surface area contributed by atoms with Gasteiger partial charge < -0.3 is 5.32 Å². The van der Waals surface area contributed by atoms with E-state index in [1.165, 1.54) is 6.42 Å². The van der Waals surface area contributed by atoms with Gasteiger partial charge in [-0.2, -0.15) is 0 Å². The monoisotopic (exact) mass is 382 g/mol. The number of hydrogen-bond donors (Lipinski definition) is 2. The van der Waals surface area contributed by atoms with E-state index >= 15 is 0 Å². The second kappa shape index (κ2) is 6.49. The van der Waals surface area contributed by atoms with Crippen LogP contribution in [0.15, 0.2) is 18.2 Å². The summed E-state index contributed by atoms with van der Waals surface area (Å²) in [6.07, 6.45) is 1.47. The minimum absolute atomic E-state index is 0.126. The van der Waals surface area contributed by atoms with Crippen LogP contribution in [0.5, 0.6) is 0 Å². The highest BCUT2D eigenvalue weighted by Gasteiger charge is 2.46. The van der Waals surface area contributed by atoms with E-state index in [0.29, 0.717) is 29.6 Å². The van der Waals surface area contributed by atoms with Crippen LogP contribution in [0.1, 0.15) is 45.5 Å². The molecular weight excluding hydrogens is 360 g/mol. The molecule has 2 N–H and O–H groups in total. The SMILES string of the molecule is O=C1CCC(N2C(=O)c3cccc(CN4CC5CCNCC54)c3C2=O)C(=O)N1. The number of carbonyl (C=O) groups is 4. The van der Waals surface area contributed by atoms with Crippen LogP contribution in [-0.4, -0.2) is 65.1 Å². The van der Waals surface area contributed by atoms with Crippen LogP contribution in [0, 0.1) is 5.92 Å². The number of piperidine rings is 2. The molecule has 0 spiro atoms. The molecule has 0 aromatic heterocycles. The summed E-state index contributed by atoms with van der Waals surface area (Å²) in [6.45, 7) is 3.64. The molecule has 1 aromatic rings. The first kappa shape index (κ1) is 17.5. The van der Waals surface area contributed by atoms with Gasteiger partial charge in [0.2, 0.25) is 11.8 Å². The topological polar surface area (TPSA) is 98.8 Å². The van der Waals surface area contributed by atoms with E-state index in [-0.39, 0.29) is 18.7 Å². The lowest BCUT2D eigenvalue weighted by Crippen LogP contribution is -2.62. The number of imide groups is 2. The number of amides is 4. The Labute approximate surface area is 162 Å². The normalized spacial score (nSPS) is 30.0. The molecule has 0 radical (unpaired) electrons. The molecule has 3 fully saturated rings. The van der Waals surface area contributed by atoms with E-state index in [1.54, 1.807) is 12.1 Å². The Morgan fingerprint density at radius 1 is 1.07 bits per heavy atom. The molecule has 3 saturated heterocycles. The van der Waals surface area contributed by atoms with Gasteiger partial charge in [-0.05, 0) is 36.9 Å². The summed E-state index contributed by atoms with van der Waals surface area (Å²) in [7, 11) is 0. The largest absolute Gasteiger partial charge is 0.315 e. The van der Waals surface area contributed by atoms with Crippen molar-refractivity contribution in [2.75, 3.05) is 19.6 Å². The van der Waals surface area contributed by atoms with Crippen molar-refractivity contribution in [3.8, 4) is 0 Å². The smallest absolute Gasteiger partial charge is 0.262 e. The highest BCUT2D eigenvalue weighted by molar-refractivity contribution is 6.24. The summed E-state index contributed by atoms with van der Waals surface area (Å²) < 4.78 is 0. The average molecular weight is 382 g/mol. The zero-order valence-corrected chi connectivity index (χ0v) is 15.4. The lowest BCUT2D eigenvalue weighted by molar-refractivity contribution is -0.136. The number of nitrogens with one attached hydrogen (secondary N) is 2. The molecule has 8 heteroatoms. The molecule has 4 aliphatic rings. The fraction of sp³-hybridized carbons (Fsp3) is 0.500. The summed E-state index contributed by atoms with van der Waals surface area (Å²) in [4.78, 5) is 53.0. The molecular formula is C20H22N4O4. The Bertz CT molecular complexity index is 898. The molecule has 4 heterocycles. The Morgan fingerprint density at radius 2 is 1.93 bits per heavy atom. The number of benzene rings is 1. The minimum Gasteiger partial charge on any atom is -0.315 e. The molecule has 0 aliphatic carbocycles. The highest BCUT2D eigenvalue weighted by Crippen LogP contribution is 2.34. The van der Waals surface area contributed by atoms with E-state index < -0.39 is 23.8 Å². The van der Waals surface area contributed by atoms with E-state index in [4.69, 9.17) is 0 Å². The quantitative estimate of drug-likeness (QED) is 0.708. The number of hydrogen-bond acceptors (Lipinski definition) is 6. The second-order valence-corrected chi connectivity index (χ2v) is 8.04. The second-order valence-electron chi connectivity index (χ2n) is 8.04. The van der Waals surface area contributed by atoms with Crippen molar-refractivity contribution in [2.45, 2.75) is 37.9 Å². The van der Waals surface area contributed by atoms with Gasteiger partial charge in [-0.15, -0.1) is 0 Å². The summed E-state index contributed by atoms with van der Waals surface area (Å²) in [6, 6.07) is 4.88. The van der Waals surface area contributed by atoms with Gasteiger partial charge >= 0.3 is 0 Å². The molecule has 28 heavy (non-hydrogen) atoms. The molecule has 0 bridgehead atoms. The number of nitrogens with zero attached hydrogens (tertiary/aromatic N) is 2. The standard InChI is InChI=1S/C20H22N4O4/c25-16-5-4-14(18(26)22-16)24-19(27)13-3-1-2-12(17(13)20(24)28)10-23-9-11-6-7-21-8-15(11)23/h1-3,11,14-15,21H,4-10H2,(H,22,25,26). The van der Waals surface area contributed by atoms with Crippen LogP contribution in [0.25, 0.3) is 0 Å². The van der Waals surface area contributed by atoms with Gasteiger partial charge in [0.05, 0.1) is 11.1 Å². The maximum atomic E-state index is 13.1. The highest BCUT2D eigenvalue weighted by atomic mass is 16.2. The van der Waals surface area contributed by atoms with Crippen molar-refractivity contribution in [1.82, 2.24) is 20.4 Å². The number of likely N-dealkylation sites (tertiary alicyclic amines) is 1. The average Bonchev–Trinajstić information content (AvgIpc) is 2.92. The predicted octanol–water partition coefficient (Wildman–Crippen LogP) is -0.118. The lowest BCUT2D eigenvalue weighted by Gasteiger charge is -2.51. The molecule has 4 aliphatic heterocycles. The first-order valence-electron chi connectivity index (χ1n) is 9.83. The van der Waals surface area contributed by atoms with Gasteiger partial charge in [0.15, 0.2) is 0 Å². The Kier molecular flexibility index (Phi) is 4.06. The van der Waals surface area contributed by atoms with Crippen molar-refractivity contribution in [3.05, 3.63) is 34.9 Å². The van der Waals surface area contributed by atoms with E-state index in [9.17, 15) is 19.2 Å². The number of carbonyl (C=O) groups excluding carboxylic acids is 4. The molecule has 4 amide bonds. The molecule has 0 saturated carbocycles. The Balaban J connectivity index is 1.41. The Morgan fingerprint density at radius 3 is 2.71 bits per heavy atom. The summed E-state index contributed by atoms with van der Waals surface area (Å²) in [5.41, 5.74) is 1.59. The van der Waals surface area contributed by atoms with Crippen molar-refractivity contribution in [3.63, 3.8) is 0 Å². The molecule has 3 unspecified atom stereocenters. The van der Waals surface area contributed by atoms with Crippen LogP contribution in [0.4, 0.5) is 0 Å². The third-order valence-electron chi connectivity index (χ3n) is 6.46. The molecule has 5 rings (SSSR count). The van der Waals surface area contributed by atoms with E-state index in [0.717, 1.165) is 30.1 Å². The van der Waals surface area contributed by atoms with E-state index in [1.807, 2.05) is 6.07 Å². The summed E-state index contributed by atoms with van der Waals surface area (Å²) in [5.74, 6) is -1.12. The zero-order valence-electron chi connectivity index (χ0n) is 15.4. The van der Waals surface area contributed by atoms with Gasteiger partial charge in [-0.25, -0.2) is 0 Å². The van der Waals surface area contributed by atoms with Crippen LogP contribution in [0.3, 0.4) is 0 Å². The van der Waals surface area contributed by atoms with Crippen molar-refractivity contribution < 1.29 is 19.2 Å². The van der Waals surface area contributed by atoms with Crippen LogP contribution in [-0.2, 0) is 16.1 Å². The van der Waals surface area contributed by atoms with Crippen molar-refractivity contribution in [1.29, 1.82) is 0 Å². The van der Waals surface area contributed by atoms with Crippen LogP contribution in [0.2, 0.25) is 0 Å². The van der Waals surface area contributed by atoms with Crippen LogP contribution < -0.4 is 10.6 Å². The first-order valence-corrected chi connectivity index (χ1v) is 9.83. The number of fused-ring (bicyclic) bond motifs is 2. The maximum absolute atomic E-state index is 13.1. The molecule has 8 nitrogen and oxygen atoms in total. The van der Waals surface area contributed by atoms with Gasteiger partial charge in [0.1, 0.15) is 6.04 Å². The third kappa shape index (κ3) is 2.59. The lowest BCUT2D eigenvalue weighted by atomic mass is 9.82. The zero-order chi connectivity index (χ0) is 19.4. The summed E-state index contributed by atoms with van der Waals surface area (Å²) >= 11 is 0. The van der Waals surface area contributed by atoms with Crippen molar-refractivity contribution >= 4 is 23.6 Å². The fourth-order valence-corrected chi connectivity index (χ4v) is 4.95. The summed E-state index contributed by atoms with van der Waals surface area (Å²) in [5, 5.41) is 5.65. The van der Waals surface area contributed by atoms with E-state index in [2.05, 4.69) is 15.5 Å². The van der Waals surface area contributed by atoms with Crippen molar-refractivity contribution in [2.24, 2.45) is 5.92 Å². The molecule has 146 valence electrons. The van der Waals surface area contributed by atoms with Gasteiger partial charge in [-0.1, -0.05) is 12.1 Å². The molecule has 3 atom stereocenters. The Hall–Kier alpha value is -2.58. The number of rotatable bonds is 3. The minimum atomic E-state index is -0.922. The third-order valence-corrected chi connectivity index (χ3v) is 6.46. The van der Waals surface area contributed by atoms with Gasteiger partial charge in [-0.3, -0.25) is 34.3 Å². The fourth-order valence-electron chi connectivity index (χ4n) is 4.95.